The largest absolute Gasteiger partial charge is 0.433 e. The molecular weight excluding hydrogens is 283 g/mol. The van der Waals surface area contributed by atoms with E-state index in [0.717, 1.165) is 4.57 Å². The van der Waals surface area contributed by atoms with Crippen LogP contribution in [0, 0.1) is 5.82 Å². The number of nitrogens with one attached hydrogen (secondary N) is 1. The molecule has 1 N–H and O–H groups in total. The normalized spacial score (nSPS) is 16.4. The molecular formula is C13H7FN2O5. The van der Waals surface area contributed by atoms with Crippen LogP contribution in [0.15, 0.2) is 34.0 Å². The van der Waals surface area contributed by atoms with Crippen molar-refractivity contribution in [1.82, 2.24) is 9.55 Å². The first kappa shape index (κ1) is 13.0. The Balaban J connectivity index is 2.23. The Hall–Kier alpha value is -3.03. The molecule has 7 nitrogen and oxygen atoms in total. The molecule has 0 radical (unpaired) electrons. The summed E-state index contributed by atoms with van der Waals surface area (Å²) in [5.41, 5.74) is -1.71. The van der Waals surface area contributed by atoms with Crippen LogP contribution >= 0.6 is 0 Å². The molecule has 2 aromatic rings. The molecule has 0 saturated heterocycles. The third kappa shape index (κ3) is 1.88. The Morgan fingerprint density at radius 3 is 2.76 bits per heavy atom. The molecule has 0 saturated carbocycles. The number of H-pyrrole nitrogens is 1. The second-order valence-electron chi connectivity index (χ2n) is 4.33. The molecule has 21 heavy (non-hydrogen) atoms. The molecule has 1 unspecified atom stereocenters. The van der Waals surface area contributed by atoms with Crippen molar-refractivity contribution >= 4 is 12.3 Å². The Bertz CT molecular complexity index is 883. The average Bonchev–Trinajstić information content (AvgIpc) is 2.80. The Morgan fingerprint density at radius 1 is 1.29 bits per heavy atom. The maximum atomic E-state index is 13.3. The highest BCUT2D eigenvalue weighted by Gasteiger charge is 2.35. The van der Waals surface area contributed by atoms with Gasteiger partial charge in [-0.2, -0.15) is 4.39 Å². The minimum Gasteiger partial charge on any atom is -0.433 e. The van der Waals surface area contributed by atoms with Crippen LogP contribution in [0.5, 0.6) is 0 Å². The highest BCUT2D eigenvalue weighted by molar-refractivity contribution is 6.01. The lowest BCUT2D eigenvalue weighted by Gasteiger charge is -2.13. The monoisotopic (exact) mass is 290 g/mol. The quantitative estimate of drug-likeness (QED) is 0.629. The number of aromatic amines is 1. The molecule has 1 aromatic heterocycles. The summed E-state index contributed by atoms with van der Waals surface area (Å²) in [4.78, 5) is 47.3. The van der Waals surface area contributed by atoms with E-state index in [0.29, 0.717) is 12.5 Å². The van der Waals surface area contributed by atoms with Crippen LogP contribution in [-0.2, 0) is 4.74 Å². The summed E-state index contributed by atoms with van der Waals surface area (Å²) >= 11 is 0. The maximum Gasteiger partial charge on any atom is 0.341 e. The number of aldehydes is 1. The number of benzene rings is 1. The summed E-state index contributed by atoms with van der Waals surface area (Å²) in [7, 11) is 0. The lowest BCUT2D eigenvalue weighted by atomic mass is 10.0. The molecule has 0 aliphatic carbocycles. The van der Waals surface area contributed by atoms with Crippen molar-refractivity contribution < 1.29 is 18.7 Å². The minimum atomic E-state index is -1.23. The molecule has 2 heterocycles. The molecule has 0 fully saturated rings. The Labute approximate surface area is 115 Å². The zero-order valence-corrected chi connectivity index (χ0v) is 10.3. The smallest absolute Gasteiger partial charge is 0.341 e. The van der Waals surface area contributed by atoms with Gasteiger partial charge in [0.1, 0.15) is 0 Å². The fourth-order valence-corrected chi connectivity index (χ4v) is 2.19. The predicted molar refractivity (Wildman–Crippen MR) is 66.7 cm³/mol. The van der Waals surface area contributed by atoms with Gasteiger partial charge in [0.25, 0.3) is 5.56 Å². The van der Waals surface area contributed by atoms with E-state index >= 15 is 0 Å². The number of ether oxygens (including phenoxy) is 1. The van der Waals surface area contributed by atoms with E-state index < -0.39 is 29.3 Å². The summed E-state index contributed by atoms with van der Waals surface area (Å²) in [6, 6.07) is 4.41. The number of nitrogens with zero attached hydrogens (tertiary/aromatic N) is 1. The van der Waals surface area contributed by atoms with E-state index in [1.807, 2.05) is 0 Å². The third-order valence-corrected chi connectivity index (χ3v) is 3.12. The van der Waals surface area contributed by atoms with Crippen molar-refractivity contribution in [2.75, 3.05) is 0 Å². The van der Waals surface area contributed by atoms with Crippen LogP contribution in [0.3, 0.4) is 0 Å². The fourth-order valence-electron chi connectivity index (χ4n) is 2.19. The number of halogens is 1. The zero-order valence-electron chi connectivity index (χ0n) is 10.3. The molecule has 0 amide bonds. The van der Waals surface area contributed by atoms with Crippen LogP contribution in [0.4, 0.5) is 4.39 Å². The lowest BCUT2D eigenvalue weighted by Crippen LogP contribution is -2.34. The van der Waals surface area contributed by atoms with Gasteiger partial charge in [0.2, 0.25) is 12.0 Å². The van der Waals surface area contributed by atoms with Gasteiger partial charge in [0.05, 0.1) is 11.8 Å². The fraction of sp³-hybridized carbons (Fsp3) is 0.0769. The van der Waals surface area contributed by atoms with Crippen molar-refractivity contribution in [2.24, 2.45) is 0 Å². The molecule has 0 bridgehead atoms. The predicted octanol–water partition coefficient (Wildman–Crippen LogP) is 0.205. The number of carbonyl (C=O) groups excluding carboxylic acids is 2. The van der Waals surface area contributed by atoms with Crippen molar-refractivity contribution in [3.63, 3.8) is 0 Å². The Kier molecular flexibility index (Phi) is 2.79. The van der Waals surface area contributed by atoms with Gasteiger partial charge in [-0.25, -0.2) is 9.59 Å². The summed E-state index contributed by atoms with van der Waals surface area (Å²) < 4.78 is 19.1. The number of rotatable bonds is 2. The van der Waals surface area contributed by atoms with Crippen LogP contribution in [0.1, 0.15) is 32.5 Å². The van der Waals surface area contributed by atoms with Crippen molar-refractivity contribution in [3.05, 3.63) is 67.7 Å². The molecule has 3 rings (SSSR count). The number of cyclic esters (lactones) is 1. The van der Waals surface area contributed by atoms with Gasteiger partial charge in [0, 0.05) is 11.1 Å². The second kappa shape index (κ2) is 4.51. The van der Waals surface area contributed by atoms with Crippen molar-refractivity contribution in [2.45, 2.75) is 6.23 Å². The summed E-state index contributed by atoms with van der Waals surface area (Å²) in [6.07, 6.45) is -0.0909. The third-order valence-electron chi connectivity index (χ3n) is 3.12. The van der Waals surface area contributed by atoms with E-state index in [9.17, 15) is 23.6 Å². The van der Waals surface area contributed by atoms with Gasteiger partial charge in [-0.05, 0) is 0 Å². The summed E-state index contributed by atoms with van der Waals surface area (Å²) in [6.45, 7) is 0. The highest BCUT2D eigenvalue weighted by Crippen LogP contribution is 2.32. The number of hydrogen-bond acceptors (Lipinski definition) is 5. The van der Waals surface area contributed by atoms with E-state index in [2.05, 4.69) is 0 Å². The average molecular weight is 290 g/mol. The molecule has 1 aliphatic heterocycles. The maximum absolute atomic E-state index is 13.3. The van der Waals surface area contributed by atoms with E-state index in [1.54, 1.807) is 4.98 Å². The number of esters is 1. The van der Waals surface area contributed by atoms with Gasteiger partial charge >= 0.3 is 11.7 Å². The molecule has 8 heteroatoms. The SMILES string of the molecule is O=Cc1cccc2c1C(=O)OC2n1cc(F)c(=O)[nH]c1=O. The molecule has 106 valence electrons. The minimum absolute atomic E-state index is 0.0241. The second-order valence-corrected chi connectivity index (χ2v) is 4.33. The van der Waals surface area contributed by atoms with E-state index in [-0.39, 0.29) is 16.7 Å². The first-order chi connectivity index (χ1) is 10.0. The molecule has 1 atom stereocenters. The van der Waals surface area contributed by atoms with Crippen molar-refractivity contribution in [3.8, 4) is 0 Å². The Morgan fingerprint density at radius 2 is 2.05 bits per heavy atom. The number of hydrogen-bond donors (Lipinski definition) is 1. The van der Waals surface area contributed by atoms with Gasteiger partial charge < -0.3 is 4.74 Å². The zero-order chi connectivity index (χ0) is 15.1. The first-order valence-corrected chi connectivity index (χ1v) is 5.83. The van der Waals surface area contributed by atoms with Crippen LogP contribution in [0.2, 0.25) is 0 Å². The van der Waals surface area contributed by atoms with Crippen LogP contribution < -0.4 is 11.2 Å². The highest BCUT2D eigenvalue weighted by atomic mass is 19.1. The first-order valence-electron chi connectivity index (χ1n) is 5.83. The van der Waals surface area contributed by atoms with Gasteiger partial charge in [-0.3, -0.25) is 19.1 Å². The standard InChI is InChI=1S/C13H7FN2O5/c14-8-4-16(13(20)15-10(8)18)11-7-3-1-2-6(5-17)9(7)12(19)21-11/h1-5,11H,(H,15,18,20). The van der Waals surface area contributed by atoms with E-state index in [4.69, 9.17) is 4.74 Å². The van der Waals surface area contributed by atoms with Gasteiger partial charge in [-0.15, -0.1) is 0 Å². The lowest BCUT2D eigenvalue weighted by molar-refractivity contribution is 0.0306. The van der Waals surface area contributed by atoms with Gasteiger partial charge in [0.15, 0.2) is 6.29 Å². The summed E-state index contributed by atoms with van der Waals surface area (Å²) in [5, 5.41) is 0. The molecule has 0 spiro atoms. The number of aromatic nitrogens is 2. The number of carbonyl (C=O) groups is 2. The number of fused-ring (bicyclic) bond motifs is 1. The van der Waals surface area contributed by atoms with Crippen molar-refractivity contribution in [1.29, 1.82) is 0 Å². The van der Waals surface area contributed by atoms with E-state index in [1.165, 1.54) is 18.2 Å². The molecule has 1 aliphatic rings. The van der Waals surface area contributed by atoms with Crippen LogP contribution in [0.25, 0.3) is 0 Å². The summed E-state index contributed by atoms with van der Waals surface area (Å²) in [5.74, 6) is -1.98. The van der Waals surface area contributed by atoms with Crippen LogP contribution in [-0.4, -0.2) is 21.8 Å². The topological polar surface area (TPSA) is 98.2 Å². The molecule has 1 aromatic carbocycles. The van der Waals surface area contributed by atoms with Gasteiger partial charge in [-0.1, -0.05) is 18.2 Å².